The van der Waals surface area contributed by atoms with E-state index < -0.39 is 0 Å². The third-order valence-electron chi connectivity index (χ3n) is 3.70. The number of nitrogen functional groups attached to an aromatic ring is 1. The van der Waals surface area contributed by atoms with Crippen molar-refractivity contribution in [2.24, 2.45) is 0 Å². The van der Waals surface area contributed by atoms with Gasteiger partial charge in [-0.25, -0.2) is 0 Å². The highest BCUT2D eigenvalue weighted by atomic mass is 32.1. The molecule has 0 fully saturated rings. The van der Waals surface area contributed by atoms with E-state index in [-0.39, 0.29) is 5.91 Å². The molecule has 0 spiro atoms. The van der Waals surface area contributed by atoms with Crippen molar-refractivity contribution in [2.45, 2.75) is 25.8 Å². The van der Waals surface area contributed by atoms with Crippen molar-refractivity contribution in [3.05, 3.63) is 51.2 Å². The lowest BCUT2D eigenvalue weighted by molar-refractivity contribution is 0.0790. The summed E-state index contributed by atoms with van der Waals surface area (Å²) >= 11 is 1.66. The minimum atomic E-state index is 0.112. The Balaban J connectivity index is 1.71. The van der Waals surface area contributed by atoms with Gasteiger partial charge in [0.05, 0.1) is 4.88 Å². The summed E-state index contributed by atoms with van der Waals surface area (Å²) in [6.45, 7) is 0.613. The second kappa shape index (κ2) is 5.29. The molecule has 0 saturated heterocycles. The van der Waals surface area contributed by atoms with Gasteiger partial charge >= 0.3 is 0 Å². The molecular weight excluding hydrogens is 268 g/mol. The van der Waals surface area contributed by atoms with Crippen molar-refractivity contribution < 1.29 is 4.79 Å². The predicted molar refractivity (Wildman–Crippen MR) is 83.0 cm³/mol. The fraction of sp³-hybridized carbons (Fsp3) is 0.312. The van der Waals surface area contributed by atoms with Crippen LogP contribution in [0.3, 0.4) is 0 Å². The van der Waals surface area contributed by atoms with Gasteiger partial charge in [0.25, 0.3) is 5.91 Å². The van der Waals surface area contributed by atoms with Crippen molar-refractivity contribution in [3.63, 3.8) is 0 Å². The lowest BCUT2D eigenvalue weighted by Crippen LogP contribution is -2.25. The first-order valence-electron chi connectivity index (χ1n) is 6.85. The maximum Gasteiger partial charge on any atom is 0.263 e. The highest BCUT2D eigenvalue weighted by Gasteiger charge is 2.20. The number of aryl methyl sites for hydroxylation is 2. The van der Waals surface area contributed by atoms with Crippen molar-refractivity contribution in [2.75, 3.05) is 12.8 Å². The summed E-state index contributed by atoms with van der Waals surface area (Å²) < 4.78 is 0. The molecule has 0 aliphatic heterocycles. The normalized spacial score (nSPS) is 13.2. The smallest absolute Gasteiger partial charge is 0.263 e. The molecule has 2 N–H and O–H groups in total. The molecule has 3 nitrogen and oxygen atoms in total. The van der Waals surface area contributed by atoms with Gasteiger partial charge in [0.15, 0.2) is 0 Å². The van der Waals surface area contributed by atoms with E-state index in [2.05, 4.69) is 6.07 Å². The monoisotopic (exact) mass is 286 g/mol. The number of carbonyl (C=O) groups excluding carboxylic acids is 1. The van der Waals surface area contributed by atoms with Crippen LogP contribution in [0.4, 0.5) is 5.69 Å². The molecule has 1 heterocycles. The SMILES string of the molecule is CN(Cc1ccc(N)cc1)C(=O)c1cc2c(s1)CCC2. The zero-order valence-corrected chi connectivity index (χ0v) is 12.4. The van der Waals surface area contributed by atoms with Crippen molar-refractivity contribution in [1.29, 1.82) is 0 Å². The maximum absolute atomic E-state index is 12.4. The number of carbonyl (C=O) groups is 1. The van der Waals surface area contributed by atoms with Gasteiger partial charge in [-0.15, -0.1) is 11.3 Å². The summed E-state index contributed by atoms with van der Waals surface area (Å²) in [5, 5.41) is 0. The third-order valence-corrected chi connectivity index (χ3v) is 4.93. The lowest BCUT2D eigenvalue weighted by atomic mass is 10.2. The van der Waals surface area contributed by atoms with Gasteiger partial charge in [-0.1, -0.05) is 12.1 Å². The topological polar surface area (TPSA) is 46.3 Å². The molecule has 20 heavy (non-hydrogen) atoms. The van der Waals surface area contributed by atoms with Crippen LogP contribution in [0.1, 0.15) is 32.1 Å². The number of rotatable bonds is 3. The van der Waals surface area contributed by atoms with Gasteiger partial charge in [-0.2, -0.15) is 0 Å². The number of anilines is 1. The summed E-state index contributed by atoms with van der Waals surface area (Å²) in [5.41, 5.74) is 8.89. The predicted octanol–water partition coefficient (Wildman–Crippen LogP) is 3.09. The first-order valence-corrected chi connectivity index (χ1v) is 7.66. The summed E-state index contributed by atoms with van der Waals surface area (Å²) in [6, 6.07) is 9.75. The molecule has 1 aromatic carbocycles. The van der Waals surface area contributed by atoms with Crippen molar-refractivity contribution in [1.82, 2.24) is 4.90 Å². The van der Waals surface area contributed by atoms with Gasteiger partial charge < -0.3 is 10.6 Å². The Morgan fingerprint density at radius 1 is 1.30 bits per heavy atom. The highest BCUT2D eigenvalue weighted by Crippen LogP contribution is 2.31. The number of nitrogens with two attached hydrogens (primary N) is 1. The number of nitrogens with zero attached hydrogens (tertiary/aromatic N) is 1. The molecule has 0 bridgehead atoms. The molecule has 4 heteroatoms. The van der Waals surface area contributed by atoms with E-state index in [0.717, 1.165) is 29.0 Å². The molecule has 0 saturated carbocycles. The average Bonchev–Trinajstić information content (AvgIpc) is 3.01. The van der Waals surface area contributed by atoms with Gasteiger partial charge in [-0.3, -0.25) is 4.79 Å². The Bertz CT molecular complexity index is 609. The quantitative estimate of drug-likeness (QED) is 0.881. The molecule has 2 aromatic rings. The molecule has 3 rings (SSSR count). The van der Waals surface area contributed by atoms with Crippen LogP contribution in [-0.4, -0.2) is 17.9 Å². The van der Waals surface area contributed by atoms with Crippen LogP contribution < -0.4 is 5.73 Å². The summed E-state index contributed by atoms with van der Waals surface area (Å²) in [7, 11) is 1.85. The van der Waals surface area contributed by atoms with E-state index >= 15 is 0 Å². The molecule has 104 valence electrons. The molecule has 0 unspecified atom stereocenters. The summed E-state index contributed by atoms with van der Waals surface area (Å²) in [6.07, 6.45) is 3.49. The first kappa shape index (κ1) is 13.2. The Morgan fingerprint density at radius 2 is 2.05 bits per heavy atom. The number of thiophene rings is 1. The largest absolute Gasteiger partial charge is 0.399 e. The Hall–Kier alpha value is -1.81. The van der Waals surface area contributed by atoms with Crippen LogP contribution in [0.25, 0.3) is 0 Å². The molecule has 1 amide bonds. The summed E-state index contributed by atoms with van der Waals surface area (Å²) in [4.78, 5) is 16.5. The molecular formula is C16H18N2OS. The number of amides is 1. The Morgan fingerprint density at radius 3 is 2.75 bits per heavy atom. The van der Waals surface area contributed by atoms with Crippen molar-refractivity contribution >= 4 is 22.9 Å². The summed E-state index contributed by atoms with van der Waals surface area (Å²) in [5.74, 6) is 0.112. The van der Waals surface area contributed by atoms with E-state index in [1.807, 2.05) is 31.3 Å². The van der Waals surface area contributed by atoms with Gasteiger partial charge in [0, 0.05) is 24.2 Å². The first-order chi connectivity index (χ1) is 9.63. The van der Waals surface area contributed by atoms with Crippen LogP contribution in [0.5, 0.6) is 0 Å². The molecule has 0 radical (unpaired) electrons. The molecule has 1 aliphatic rings. The lowest BCUT2D eigenvalue weighted by Gasteiger charge is -2.16. The Labute approximate surface area is 123 Å². The van der Waals surface area contributed by atoms with E-state index in [9.17, 15) is 4.79 Å². The van der Waals surface area contributed by atoms with E-state index in [0.29, 0.717) is 6.54 Å². The fourth-order valence-electron chi connectivity index (χ4n) is 2.59. The molecule has 1 aromatic heterocycles. The zero-order chi connectivity index (χ0) is 14.1. The minimum Gasteiger partial charge on any atom is -0.399 e. The standard InChI is InChI=1S/C16H18N2OS/c1-18(10-11-5-7-13(17)8-6-11)16(19)15-9-12-3-2-4-14(12)20-15/h5-9H,2-4,10,17H2,1H3. The number of hydrogen-bond donors (Lipinski definition) is 1. The van der Waals surface area contributed by atoms with Gasteiger partial charge in [-0.05, 0) is 48.6 Å². The number of fused-ring (bicyclic) bond motifs is 1. The number of benzene rings is 1. The van der Waals surface area contributed by atoms with E-state index in [1.54, 1.807) is 16.2 Å². The second-order valence-electron chi connectivity index (χ2n) is 5.32. The number of hydrogen-bond acceptors (Lipinski definition) is 3. The zero-order valence-electron chi connectivity index (χ0n) is 11.6. The highest BCUT2D eigenvalue weighted by molar-refractivity contribution is 7.14. The van der Waals surface area contributed by atoms with Gasteiger partial charge in [0.1, 0.15) is 0 Å². The maximum atomic E-state index is 12.4. The van der Waals surface area contributed by atoms with Crippen LogP contribution in [-0.2, 0) is 19.4 Å². The van der Waals surface area contributed by atoms with Crippen LogP contribution >= 0.6 is 11.3 Å². The van der Waals surface area contributed by atoms with E-state index in [1.165, 1.54) is 16.9 Å². The Kier molecular flexibility index (Phi) is 3.49. The third kappa shape index (κ3) is 2.56. The van der Waals surface area contributed by atoms with Crippen LogP contribution in [0.15, 0.2) is 30.3 Å². The molecule has 0 atom stereocenters. The van der Waals surface area contributed by atoms with Gasteiger partial charge in [0.2, 0.25) is 0 Å². The average molecular weight is 286 g/mol. The van der Waals surface area contributed by atoms with Crippen LogP contribution in [0, 0.1) is 0 Å². The van der Waals surface area contributed by atoms with Crippen LogP contribution in [0.2, 0.25) is 0 Å². The fourth-order valence-corrected chi connectivity index (χ4v) is 3.84. The molecule has 1 aliphatic carbocycles. The minimum absolute atomic E-state index is 0.112. The van der Waals surface area contributed by atoms with E-state index in [4.69, 9.17) is 5.73 Å². The second-order valence-corrected chi connectivity index (χ2v) is 6.45. The van der Waals surface area contributed by atoms with Crippen molar-refractivity contribution in [3.8, 4) is 0 Å².